The average Bonchev–Trinajstić information content (AvgIpc) is 2.81. The molecule has 0 aliphatic rings. The predicted octanol–water partition coefficient (Wildman–Crippen LogP) is 1.32. The first-order chi connectivity index (χ1) is 8.70. The molecule has 0 saturated carbocycles. The van der Waals surface area contributed by atoms with Gasteiger partial charge in [-0.3, -0.25) is 9.48 Å². The van der Waals surface area contributed by atoms with E-state index in [0.29, 0.717) is 23.8 Å². The first kappa shape index (κ1) is 12.7. The second-order valence-corrected chi connectivity index (χ2v) is 4.25. The third kappa shape index (κ3) is 2.94. The molecule has 1 heterocycles. The Bertz CT molecular complexity index is 553. The van der Waals surface area contributed by atoms with Gasteiger partial charge in [-0.15, -0.1) is 5.10 Å². The number of nitrogens with zero attached hydrogens (tertiary/aromatic N) is 3. The van der Waals surface area contributed by atoms with Crippen molar-refractivity contribution in [2.75, 3.05) is 6.54 Å². The van der Waals surface area contributed by atoms with Gasteiger partial charge in [0.15, 0.2) is 5.78 Å². The first-order valence-electron chi connectivity index (χ1n) is 5.57. The molecule has 0 amide bonds. The number of benzene rings is 1. The van der Waals surface area contributed by atoms with Crippen molar-refractivity contribution in [1.82, 2.24) is 15.0 Å². The van der Waals surface area contributed by atoms with Crippen LogP contribution in [0, 0.1) is 0 Å². The molecule has 0 unspecified atom stereocenters. The van der Waals surface area contributed by atoms with Gasteiger partial charge in [-0.2, -0.15) is 0 Å². The summed E-state index contributed by atoms with van der Waals surface area (Å²) in [5.74, 6) is -0.105. The zero-order valence-corrected chi connectivity index (χ0v) is 10.5. The highest BCUT2D eigenvalue weighted by molar-refractivity contribution is 6.31. The summed E-state index contributed by atoms with van der Waals surface area (Å²) in [6.07, 6.45) is 1.83. The van der Waals surface area contributed by atoms with E-state index < -0.39 is 0 Å². The monoisotopic (exact) mass is 264 g/mol. The van der Waals surface area contributed by atoms with Crippen LogP contribution in [0.25, 0.3) is 0 Å². The van der Waals surface area contributed by atoms with E-state index in [2.05, 4.69) is 10.3 Å². The van der Waals surface area contributed by atoms with Crippen LogP contribution in [-0.4, -0.2) is 27.3 Å². The van der Waals surface area contributed by atoms with Gasteiger partial charge in [-0.25, -0.2) is 0 Å². The normalized spacial score (nSPS) is 10.6. The summed E-state index contributed by atoms with van der Waals surface area (Å²) in [4.78, 5) is 12.0. The standard InChI is InChI=1S/C12H13ClN4O/c13-10-4-2-1-3-9(10)7-12(18)11-8-17(6-5-14)16-15-11/h1-4,8H,5-7,14H2. The summed E-state index contributed by atoms with van der Waals surface area (Å²) in [5.41, 5.74) is 6.52. The van der Waals surface area contributed by atoms with Gasteiger partial charge in [0.2, 0.25) is 0 Å². The van der Waals surface area contributed by atoms with Gasteiger partial charge in [-0.1, -0.05) is 35.0 Å². The fourth-order valence-corrected chi connectivity index (χ4v) is 1.78. The lowest BCUT2D eigenvalue weighted by Gasteiger charge is -2.00. The van der Waals surface area contributed by atoms with Crippen LogP contribution < -0.4 is 5.73 Å². The highest BCUT2D eigenvalue weighted by atomic mass is 35.5. The molecule has 0 spiro atoms. The summed E-state index contributed by atoms with van der Waals surface area (Å²) in [5, 5.41) is 8.23. The zero-order valence-electron chi connectivity index (χ0n) is 9.71. The van der Waals surface area contributed by atoms with E-state index in [1.807, 2.05) is 18.2 Å². The summed E-state index contributed by atoms with van der Waals surface area (Å²) in [6, 6.07) is 7.26. The largest absolute Gasteiger partial charge is 0.329 e. The van der Waals surface area contributed by atoms with E-state index in [-0.39, 0.29) is 12.2 Å². The van der Waals surface area contributed by atoms with E-state index in [0.717, 1.165) is 5.56 Å². The molecule has 18 heavy (non-hydrogen) atoms. The van der Waals surface area contributed by atoms with Crippen LogP contribution in [-0.2, 0) is 13.0 Å². The number of rotatable bonds is 5. The molecule has 6 heteroatoms. The Morgan fingerprint density at radius 1 is 1.39 bits per heavy atom. The van der Waals surface area contributed by atoms with Crippen molar-refractivity contribution >= 4 is 17.4 Å². The number of hydrogen-bond donors (Lipinski definition) is 1. The summed E-state index contributed by atoms with van der Waals surface area (Å²) in [7, 11) is 0. The third-order valence-corrected chi connectivity index (χ3v) is 2.86. The summed E-state index contributed by atoms with van der Waals surface area (Å²) >= 11 is 6.00. The molecule has 1 aromatic carbocycles. The molecule has 0 atom stereocenters. The molecule has 5 nitrogen and oxygen atoms in total. The van der Waals surface area contributed by atoms with E-state index in [9.17, 15) is 4.79 Å². The van der Waals surface area contributed by atoms with Crippen molar-refractivity contribution in [3.05, 3.63) is 46.7 Å². The quantitative estimate of drug-likeness (QED) is 0.827. The van der Waals surface area contributed by atoms with Crippen molar-refractivity contribution in [3.63, 3.8) is 0 Å². The minimum Gasteiger partial charge on any atom is -0.329 e. The van der Waals surface area contributed by atoms with Gasteiger partial charge in [0.25, 0.3) is 0 Å². The number of nitrogens with two attached hydrogens (primary N) is 1. The number of carbonyl (C=O) groups is 1. The Morgan fingerprint density at radius 3 is 2.89 bits per heavy atom. The fraction of sp³-hybridized carbons (Fsp3) is 0.250. The van der Waals surface area contributed by atoms with Crippen LogP contribution in [0.15, 0.2) is 30.5 Å². The number of carbonyl (C=O) groups excluding carboxylic acids is 1. The first-order valence-corrected chi connectivity index (χ1v) is 5.95. The van der Waals surface area contributed by atoms with Crippen molar-refractivity contribution < 1.29 is 4.79 Å². The number of Topliss-reactive ketones (excluding diaryl/α,β-unsaturated/α-hetero) is 1. The Morgan fingerprint density at radius 2 is 2.17 bits per heavy atom. The molecule has 2 N–H and O–H groups in total. The smallest absolute Gasteiger partial charge is 0.189 e. The SMILES string of the molecule is NCCn1cc(C(=O)Cc2ccccc2Cl)nn1. The number of hydrogen-bond acceptors (Lipinski definition) is 4. The lowest BCUT2D eigenvalue weighted by molar-refractivity contribution is 0.0988. The van der Waals surface area contributed by atoms with Gasteiger partial charge in [0.1, 0.15) is 5.69 Å². The van der Waals surface area contributed by atoms with E-state index >= 15 is 0 Å². The molecule has 0 fully saturated rings. The molecule has 0 saturated heterocycles. The van der Waals surface area contributed by atoms with Crippen LogP contribution in [0.4, 0.5) is 0 Å². The van der Waals surface area contributed by atoms with Crippen LogP contribution in [0.1, 0.15) is 16.1 Å². The van der Waals surface area contributed by atoms with Gasteiger partial charge in [0, 0.05) is 18.0 Å². The lowest BCUT2D eigenvalue weighted by atomic mass is 10.1. The predicted molar refractivity (Wildman–Crippen MR) is 68.6 cm³/mol. The van der Waals surface area contributed by atoms with Crippen molar-refractivity contribution in [2.45, 2.75) is 13.0 Å². The molecule has 0 bridgehead atoms. The second-order valence-electron chi connectivity index (χ2n) is 3.85. The van der Waals surface area contributed by atoms with E-state index in [4.69, 9.17) is 17.3 Å². The maximum absolute atomic E-state index is 12.0. The van der Waals surface area contributed by atoms with Crippen molar-refractivity contribution in [3.8, 4) is 0 Å². The molecule has 94 valence electrons. The Labute approximate surface area is 110 Å². The van der Waals surface area contributed by atoms with Crippen LogP contribution in [0.5, 0.6) is 0 Å². The Hall–Kier alpha value is -1.72. The lowest BCUT2D eigenvalue weighted by Crippen LogP contribution is -2.10. The molecule has 0 aliphatic carbocycles. The number of aromatic nitrogens is 3. The topological polar surface area (TPSA) is 73.8 Å². The van der Waals surface area contributed by atoms with Crippen molar-refractivity contribution in [2.24, 2.45) is 5.73 Å². The summed E-state index contributed by atoms with van der Waals surface area (Å²) < 4.78 is 1.56. The highest BCUT2D eigenvalue weighted by Crippen LogP contribution is 2.16. The Kier molecular flexibility index (Phi) is 4.07. The maximum Gasteiger partial charge on any atom is 0.189 e. The second kappa shape index (κ2) is 5.75. The minimum absolute atomic E-state index is 0.105. The van der Waals surface area contributed by atoms with Gasteiger partial charge >= 0.3 is 0 Å². The molecular formula is C12H13ClN4O. The van der Waals surface area contributed by atoms with Gasteiger partial charge < -0.3 is 5.73 Å². The number of ketones is 1. The number of halogens is 1. The maximum atomic E-state index is 12.0. The molecule has 2 rings (SSSR count). The molecule has 0 radical (unpaired) electrons. The molecule has 0 aliphatic heterocycles. The zero-order chi connectivity index (χ0) is 13.0. The van der Waals surface area contributed by atoms with Crippen LogP contribution in [0.2, 0.25) is 5.02 Å². The average molecular weight is 265 g/mol. The van der Waals surface area contributed by atoms with Gasteiger partial charge in [-0.05, 0) is 11.6 Å². The van der Waals surface area contributed by atoms with Crippen LogP contribution in [0.3, 0.4) is 0 Å². The fourth-order valence-electron chi connectivity index (χ4n) is 1.57. The van der Waals surface area contributed by atoms with Gasteiger partial charge in [0.05, 0.1) is 12.7 Å². The summed E-state index contributed by atoms with van der Waals surface area (Å²) in [6.45, 7) is 1.01. The molecule has 2 aromatic rings. The molecular weight excluding hydrogens is 252 g/mol. The van der Waals surface area contributed by atoms with Crippen molar-refractivity contribution in [1.29, 1.82) is 0 Å². The third-order valence-electron chi connectivity index (χ3n) is 2.49. The van der Waals surface area contributed by atoms with Crippen LogP contribution >= 0.6 is 11.6 Å². The molecule has 1 aromatic heterocycles. The van der Waals surface area contributed by atoms with E-state index in [1.165, 1.54) is 0 Å². The van der Waals surface area contributed by atoms with E-state index in [1.54, 1.807) is 16.9 Å². The highest BCUT2D eigenvalue weighted by Gasteiger charge is 2.13. The Balaban J connectivity index is 2.10. The minimum atomic E-state index is -0.105.